The van der Waals surface area contributed by atoms with E-state index in [9.17, 15) is 9.18 Å². The van der Waals surface area contributed by atoms with Crippen molar-refractivity contribution in [3.8, 4) is 11.1 Å². The topological polar surface area (TPSA) is 63.6 Å². The van der Waals surface area contributed by atoms with Crippen LogP contribution >= 0.6 is 0 Å². The number of rotatable bonds is 3. The Morgan fingerprint density at radius 1 is 1.08 bits per heavy atom. The van der Waals surface area contributed by atoms with Crippen molar-refractivity contribution in [1.29, 1.82) is 0 Å². The van der Waals surface area contributed by atoms with E-state index < -0.39 is 0 Å². The molecule has 4 aromatic rings. The van der Waals surface area contributed by atoms with Crippen LogP contribution < -0.4 is 5.69 Å². The predicted molar refractivity (Wildman–Crippen MR) is 89.1 cm³/mol. The Labute approximate surface area is 136 Å². The number of pyridine rings is 2. The normalized spacial score (nSPS) is 11.0. The molecule has 0 saturated heterocycles. The molecule has 0 aliphatic carbocycles. The molecule has 6 heteroatoms. The molecule has 0 bridgehead atoms. The Kier molecular flexibility index (Phi) is 3.42. The first-order valence-corrected chi connectivity index (χ1v) is 7.44. The standard InChI is InChI=1S/C18H13FN4O/c19-15-5-1-4-13(7-15)14-8-16-17(21-10-14)22-18(24)23(16)11-12-3-2-6-20-9-12/h1-10H,11H2,(H,21,22,24). The maximum atomic E-state index is 13.4. The molecule has 0 unspecified atom stereocenters. The highest BCUT2D eigenvalue weighted by Gasteiger charge is 2.10. The number of H-pyrrole nitrogens is 1. The molecule has 0 aliphatic heterocycles. The third-order valence-corrected chi connectivity index (χ3v) is 3.85. The van der Waals surface area contributed by atoms with Crippen molar-refractivity contribution >= 4 is 11.2 Å². The lowest BCUT2D eigenvalue weighted by atomic mass is 10.1. The van der Waals surface area contributed by atoms with Crippen LogP contribution in [0.25, 0.3) is 22.3 Å². The van der Waals surface area contributed by atoms with Crippen LogP contribution in [0.2, 0.25) is 0 Å². The van der Waals surface area contributed by atoms with E-state index in [2.05, 4.69) is 15.0 Å². The van der Waals surface area contributed by atoms with Gasteiger partial charge < -0.3 is 0 Å². The molecule has 0 saturated carbocycles. The molecule has 0 spiro atoms. The van der Waals surface area contributed by atoms with Crippen LogP contribution in [0.3, 0.4) is 0 Å². The van der Waals surface area contributed by atoms with Crippen LogP contribution in [-0.4, -0.2) is 19.5 Å². The van der Waals surface area contributed by atoms with Gasteiger partial charge in [0, 0.05) is 24.2 Å². The van der Waals surface area contributed by atoms with Crippen LogP contribution in [0, 0.1) is 5.82 Å². The summed E-state index contributed by atoms with van der Waals surface area (Å²) in [5.74, 6) is -0.311. The smallest absolute Gasteiger partial charge is 0.290 e. The fourth-order valence-electron chi connectivity index (χ4n) is 2.69. The Morgan fingerprint density at radius 3 is 2.79 bits per heavy atom. The van der Waals surface area contributed by atoms with E-state index in [0.29, 0.717) is 23.3 Å². The summed E-state index contributed by atoms with van der Waals surface area (Å²) in [6, 6.07) is 11.9. The third kappa shape index (κ3) is 2.58. The molecule has 3 heterocycles. The maximum absolute atomic E-state index is 13.4. The second-order valence-corrected chi connectivity index (χ2v) is 5.48. The first-order valence-electron chi connectivity index (χ1n) is 7.44. The summed E-state index contributed by atoms with van der Waals surface area (Å²) in [6.45, 7) is 0.390. The maximum Gasteiger partial charge on any atom is 0.327 e. The lowest BCUT2D eigenvalue weighted by Gasteiger charge is -2.05. The van der Waals surface area contributed by atoms with Crippen LogP contribution in [-0.2, 0) is 6.54 Å². The number of fused-ring (bicyclic) bond motifs is 1. The van der Waals surface area contributed by atoms with Gasteiger partial charge in [-0.05, 0) is 35.4 Å². The van der Waals surface area contributed by atoms with E-state index in [4.69, 9.17) is 0 Å². The summed E-state index contributed by atoms with van der Waals surface area (Å²) in [5, 5.41) is 0. The molecule has 1 N–H and O–H groups in total. The lowest BCUT2D eigenvalue weighted by molar-refractivity contribution is 0.628. The number of hydrogen-bond acceptors (Lipinski definition) is 3. The minimum Gasteiger partial charge on any atom is -0.290 e. The monoisotopic (exact) mass is 320 g/mol. The minimum atomic E-state index is -0.311. The van der Waals surface area contributed by atoms with Gasteiger partial charge in [0.25, 0.3) is 0 Å². The van der Waals surface area contributed by atoms with Crippen molar-refractivity contribution in [3.63, 3.8) is 0 Å². The number of halogens is 1. The SMILES string of the molecule is O=c1[nH]c2ncc(-c3cccc(F)c3)cc2n1Cc1cccnc1. The molecule has 4 rings (SSSR count). The Morgan fingerprint density at radius 2 is 2.00 bits per heavy atom. The summed E-state index contributed by atoms with van der Waals surface area (Å²) in [5.41, 5.74) is 3.32. The number of nitrogens with one attached hydrogen (secondary N) is 1. The average molecular weight is 320 g/mol. The zero-order chi connectivity index (χ0) is 16.5. The van der Waals surface area contributed by atoms with Gasteiger partial charge in [-0.1, -0.05) is 18.2 Å². The molecule has 118 valence electrons. The molecule has 0 aliphatic rings. The number of aromatic amines is 1. The van der Waals surface area contributed by atoms with Crippen LogP contribution in [0.15, 0.2) is 65.8 Å². The largest absolute Gasteiger partial charge is 0.327 e. The second kappa shape index (κ2) is 5.73. The van der Waals surface area contributed by atoms with E-state index in [1.165, 1.54) is 12.1 Å². The van der Waals surface area contributed by atoms with Gasteiger partial charge in [0.2, 0.25) is 0 Å². The van der Waals surface area contributed by atoms with Gasteiger partial charge in [-0.15, -0.1) is 0 Å². The zero-order valence-corrected chi connectivity index (χ0v) is 12.6. The Bertz CT molecular complexity index is 1070. The predicted octanol–water partition coefficient (Wildman–Crippen LogP) is 2.97. The first-order chi connectivity index (χ1) is 11.7. The second-order valence-electron chi connectivity index (χ2n) is 5.48. The van der Waals surface area contributed by atoms with Gasteiger partial charge in [-0.2, -0.15) is 0 Å². The van der Waals surface area contributed by atoms with Gasteiger partial charge in [0.1, 0.15) is 5.82 Å². The van der Waals surface area contributed by atoms with Crippen molar-refractivity contribution in [2.24, 2.45) is 0 Å². The van der Waals surface area contributed by atoms with E-state index in [0.717, 1.165) is 11.1 Å². The quantitative estimate of drug-likeness (QED) is 0.631. The fraction of sp³-hybridized carbons (Fsp3) is 0.0556. The van der Waals surface area contributed by atoms with Gasteiger partial charge in [0.15, 0.2) is 5.65 Å². The number of imidazole rings is 1. The third-order valence-electron chi connectivity index (χ3n) is 3.85. The fourth-order valence-corrected chi connectivity index (χ4v) is 2.69. The summed E-state index contributed by atoms with van der Waals surface area (Å²) in [6.07, 6.45) is 5.03. The highest BCUT2D eigenvalue weighted by atomic mass is 19.1. The van der Waals surface area contributed by atoms with Gasteiger partial charge >= 0.3 is 5.69 Å². The van der Waals surface area contributed by atoms with Crippen molar-refractivity contribution in [1.82, 2.24) is 19.5 Å². The van der Waals surface area contributed by atoms with E-state index >= 15 is 0 Å². The molecule has 3 aromatic heterocycles. The lowest BCUT2D eigenvalue weighted by Crippen LogP contribution is -2.17. The molecule has 0 radical (unpaired) electrons. The summed E-state index contributed by atoms with van der Waals surface area (Å²) >= 11 is 0. The number of aromatic nitrogens is 4. The molecule has 0 amide bonds. The molecular formula is C18H13FN4O. The number of nitrogens with zero attached hydrogens (tertiary/aromatic N) is 3. The average Bonchev–Trinajstić information content (AvgIpc) is 2.91. The molecule has 1 aromatic carbocycles. The van der Waals surface area contributed by atoms with Crippen molar-refractivity contribution in [3.05, 3.63) is 82.9 Å². The van der Waals surface area contributed by atoms with Crippen LogP contribution in [0.4, 0.5) is 4.39 Å². The summed E-state index contributed by atoms with van der Waals surface area (Å²) < 4.78 is 15.0. The highest BCUT2D eigenvalue weighted by molar-refractivity contribution is 5.78. The minimum absolute atomic E-state index is 0.238. The van der Waals surface area contributed by atoms with Crippen molar-refractivity contribution in [2.75, 3.05) is 0 Å². The Balaban J connectivity index is 1.84. The Hall–Kier alpha value is -3.28. The molecule has 5 nitrogen and oxygen atoms in total. The van der Waals surface area contributed by atoms with Crippen LogP contribution in [0.1, 0.15) is 5.56 Å². The summed E-state index contributed by atoms with van der Waals surface area (Å²) in [7, 11) is 0. The van der Waals surface area contributed by atoms with Gasteiger partial charge in [-0.25, -0.2) is 14.2 Å². The highest BCUT2D eigenvalue weighted by Crippen LogP contribution is 2.22. The number of hydrogen-bond donors (Lipinski definition) is 1. The van der Waals surface area contributed by atoms with E-state index in [1.807, 2.05) is 24.3 Å². The van der Waals surface area contributed by atoms with Crippen molar-refractivity contribution in [2.45, 2.75) is 6.54 Å². The van der Waals surface area contributed by atoms with Gasteiger partial charge in [0.05, 0.1) is 12.1 Å². The van der Waals surface area contributed by atoms with Crippen molar-refractivity contribution < 1.29 is 4.39 Å². The van der Waals surface area contributed by atoms with Crippen LogP contribution in [0.5, 0.6) is 0 Å². The van der Waals surface area contributed by atoms with E-state index in [-0.39, 0.29) is 11.5 Å². The first kappa shape index (κ1) is 14.3. The molecule has 0 fully saturated rings. The summed E-state index contributed by atoms with van der Waals surface area (Å²) in [4.78, 5) is 23.3. The van der Waals surface area contributed by atoms with Gasteiger partial charge in [-0.3, -0.25) is 14.5 Å². The molecule has 0 atom stereocenters. The molecular weight excluding hydrogens is 307 g/mol. The van der Waals surface area contributed by atoms with E-state index in [1.54, 1.807) is 29.2 Å². The number of benzene rings is 1. The molecule has 24 heavy (non-hydrogen) atoms. The zero-order valence-electron chi connectivity index (χ0n) is 12.6.